The van der Waals surface area contributed by atoms with Crippen molar-refractivity contribution in [1.82, 2.24) is 9.78 Å². The van der Waals surface area contributed by atoms with Gasteiger partial charge in [0, 0.05) is 17.3 Å². The van der Waals surface area contributed by atoms with Crippen LogP contribution in [0.3, 0.4) is 0 Å². The Kier molecular flexibility index (Phi) is 3.33. The number of aliphatic imine (C=N–C) groups is 1. The van der Waals surface area contributed by atoms with Gasteiger partial charge in [0.15, 0.2) is 12.1 Å². The molecule has 23 heavy (non-hydrogen) atoms. The third-order valence-electron chi connectivity index (χ3n) is 3.87. The van der Waals surface area contributed by atoms with E-state index in [1.165, 1.54) is 24.0 Å². The smallest absolute Gasteiger partial charge is 0.310 e. The van der Waals surface area contributed by atoms with Crippen LogP contribution in [-0.4, -0.2) is 28.3 Å². The van der Waals surface area contributed by atoms with Crippen molar-refractivity contribution in [1.29, 1.82) is 0 Å². The Morgan fingerprint density at radius 3 is 2.96 bits per heavy atom. The van der Waals surface area contributed by atoms with Gasteiger partial charge in [0.05, 0.1) is 11.9 Å². The maximum atomic E-state index is 14.3. The van der Waals surface area contributed by atoms with E-state index in [1.807, 2.05) is 0 Å². The summed E-state index contributed by atoms with van der Waals surface area (Å²) in [6.07, 6.45) is 8.20. The molecule has 2 heterocycles. The molecule has 1 aromatic carbocycles. The molecule has 0 amide bonds. The maximum absolute atomic E-state index is 14.3. The molecule has 0 unspecified atom stereocenters. The molecule has 7 heteroatoms. The Labute approximate surface area is 131 Å². The highest BCUT2D eigenvalue weighted by molar-refractivity contribution is 5.73. The van der Waals surface area contributed by atoms with Crippen LogP contribution in [0.1, 0.15) is 18.1 Å². The van der Waals surface area contributed by atoms with Gasteiger partial charge in [-0.3, -0.25) is 0 Å². The molecule has 0 aliphatic carbocycles. The lowest BCUT2D eigenvalue weighted by molar-refractivity contribution is -0.116. The highest BCUT2D eigenvalue weighted by Gasteiger charge is 2.55. The second-order valence-corrected chi connectivity index (χ2v) is 5.38. The van der Waals surface area contributed by atoms with Crippen LogP contribution in [0.5, 0.6) is 0 Å². The van der Waals surface area contributed by atoms with Gasteiger partial charge in [-0.15, -0.1) is 6.42 Å². The Bertz CT molecular complexity index is 821. The Balaban J connectivity index is 2.04. The second-order valence-electron chi connectivity index (χ2n) is 5.38. The minimum absolute atomic E-state index is 0.236. The van der Waals surface area contributed by atoms with Crippen molar-refractivity contribution < 1.29 is 13.5 Å². The molecule has 3 rings (SSSR count). The summed E-state index contributed by atoms with van der Waals surface area (Å²) >= 11 is 0. The number of benzene rings is 1. The van der Waals surface area contributed by atoms with Crippen molar-refractivity contribution in [3.63, 3.8) is 0 Å². The van der Waals surface area contributed by atoms with E-state index >= 15 is 0 Å². The molecule has 2 aromatic rings. The van der Waals surface area contributed by atoms with E-state index in [1.54, 1.807) is 24.3 Å². The van der Waals surface area contributed by atoms with Crippen LogP contribution in [0.2, 0.25) is 0 Å². The Morgan fingerprint density at radius 2 is 2.22 bits per heavy atom. The zero-order valence-electron chi connectivity index (χ0n) is 12.3. The normalized spacial score (nSPS) is 22.8. The summed E-state index contributed by atoms with van der Waals surface area (Å²) in [5.41, 5.74) is 5.21. The molecule has 0 radical (unpaired) electrons. The molecular weight excluding hydrogens is 302 g/mol. The quantitative estimate of drug-likeness (QED) is 0.862. The van der Waals surface area contributed by atoms with Crippen molar-refractivity contribution in [3.05, 3.63) is 47.8 Å². The number of terminal acetylenes is 1. The van der Waals surface area contributed by atoms with Crippen LogP contribution >= 0.6 is 0 Å². The second kappa shape index (κ2) is 5.09. The van der Waals surface area contributed by atoms with Crippen molar-refractivity contribution in [2.24, 2.45) is 10.7 Å². The lowest BCUT2D eigenvalue weighted by Gasteiger charge is -2.36. The third kappa shape index (κ3) is 2.42. The van der Waals surface area contributed by atoms with Gasteiger partial charge in [0.2, 0.25) is 0 Å². The van der Waals surface area contributed by atoms with Crippen molar-refractivity contribution >= 4 is 6.02 Å². The van der Waals surface area contributed by atoms with Gasteiger partial charge in [-0.2, -0.15) is 13.9 Å². The maximum Gasteiger partial charge on any atom is 0.310 e. The van der Waals surface area contributed by atoms with E-state index < -0.39 is 18.1 Å². The molecule has 0 saturated heterocycles. The van der Waals surface area contributed by atoms with Gasteiger partial charge in [-0.25, -0.2) is 9.67 Å². The first-order valence-corrected chi connectivity index (χ1v) is 6.84. The lowest BCUT2D eigenvalue weighted by Crippen LogP contribution is -2.50. The highest BCUT2D eigenvalue weighted by Crippen LogP contribution is 2.43. The first kappa shape index (κ1) is 15.0. The summed E-state index contributed by atoms with van der Waals surface area (Å²) in [7, 11) is 0. The molecule has 5 nitrogen and oxygen atoms in total. The van der Waals surface area contributed by atoms with E-state index in [9.17, 15) is 8.78 Å². The van der Waals surface area contributed by atoms with Crippen LogP contribution in [-0.2, 0) is 10.3 Å². The number of hydrogen-bond donors (Lipinski definition) is 1. The van der Waals surface area contributed by atoms with E-state index in [4.69, 9.17) is 12.2 Å². The lowest BCUT2D eigenvalue weighted by atomic mass is 9.88. The number of nitrogens with two attached hydrogens (primary N) is 1. The highest BCUT2D eigenvalue weighted by atomic mass is 19.3. The molecule has 0 bridgehead atoms. The summed E-state index contributed by atoms with van der Waals surface area (Å²) in [6.45, 7) is 0.484. The zero-order valence-corrected chi connectivity index (χ0v) is 12.3. The molecule has 1 atom stereocenters. The molecule has 0 fully saturated rings. The monoisotopic (exact) mass is 316 g/mol. The van der Waals surface area contributed by atoms with E-state index in [0.717, 1.165) is 0 Å². The van der Waals surface area contributed by atoms with Gasteiger partial charge >= 0.3 is 5.92 Å². The third-order valence-corrected chi connectivity index (χ3v) is 3.87. The molecule has 1 aromatic heterocycles. The summed E-state index contributed by atoms with van der Waals surface area (Å²) < 4.78 is 34.7. The summed E-state index contributed by atoms with van der Waals surface area (Å²) in [4.78, 5) is 3.81. The predicted molar refractivity (Wildman–Crippen MR) is 81.4 cm³/mol. The number of aromatic nitrogens is 2. The van der Waals surface area contributed by atoms with Gasteiger partial charge in [0.1, 0.15) is 0 Å². The topological polar surface area (TPSA) is 65.4 Å². The minimum atomic E-state index is -3.20. The van der Waals surface area contributed by atoms with E-state index in [-0.39, 0.29) is 11.6 Å². The van der Waals surface area contributed by atoms with Crippen LogP contribution in [0.15, 0.2) is 41.7 Å². The summed E-state index contributed by atoms with van der Waals surface area (Å²) in [5, 5.41) is 4.14. The molecular formula is C16H14F2N4O. The van der Waals surface area contributed by atoms with Gasteiger partial charge in [0.25, 0.3) is 6.02 Å². The van der Waals surface area contributed by atoms with Crippen LogP contribution in [0.4, 0.5) is 8.78 Å². The van der Waals surface area contributed by atoms with Gasteiger partial charge in [-0.1, -0.05) is 12.0 Å². The fourth-order valence-corrected chi connectivity index (χ4v) is 2.37. The molecule has 1 aliphatic heterocycles. The first-order chi connectivity index (χ1) is 10.9. The van der Waals surface area contributed by atoms with Gasteiger partial charge < -0.3 is 10.5 Å². The molecule has 2 N–H and O–H groups in total. The fourth-order valence-electron chi connectivity index (χ4n) is 2.37. The molecule has 0 saturated carbocycles. The van der Waals surface area contributed by atoms with Crippen molar-refractivity contribution in [3.8, 4) is 18.0 Å². The number of halogens is 2. The van der Waals surface area contributed by atoms with Crippen molar-refractivity contribution in [2.75, 3.05) is 6.61 Å². The van der Waals surface area contributed by atoms with Crippen LogP contribution in [0.25, 0.3) is 5.69 Å². The van der Waals surface area contributed by atoms with Crippen LogP contribution in [0, 0.1) is 12.3 Å². The minimum Gasteiger partial charge on any atom is -0.459 e. The number of amidine groups is 1. The fraction of sp³-hybridized carbons (Fsp3) is 0.250. The Morgan fingerprint density at radius 1 is 1.43 bits per heavy atom. The number of rotatable bonds is 2. The molecule has 0 spiro atoms. The van der Waals surface area contributed by atoms with E-state index in [2.05, 4.69) is 20.7 Å². The Hall–Kier alpha value is -2.88. The number of nitrogens with zero attached hydrogens (tertiary/aromatic N) is 3. The SMILES string of the molecule is C#Cc1cccc(-n2cc([C@@]3(C)N=C(N)OCC3(F)F)cn2)c1. The number of hydrogen-bond acceptors (Lipinski definition) is 4. The molecule has 118 valence electrons. The summed E-state index contributed by atoms with van der Waals surface area (Å²) in [5.74, 6) is -0.686. The average molecular weight is 316 g/mol. The van der Waals surface area contributed by atoms with Gasteiger partial charge in [-0.05, 0) is 25.1 Å². The summed E-state index contributed by atoms with van der Waals surface area (Å²) in [6, 6.07) is 6.79. The average Bonchev–Trinajstić information content (AvgIpc) is 3.02. The number of alkyl halides is 2. The largest absolute Gasteiger partial charge is 0.459 e. The first-order valence-electron chi connectivity index (χ1n) is 6.84. The number of ether oxygens (including phenoxy) is 1. The van der Waals surface area contributed by atoms with Crippen molar-refractivity contribution in [2.45, 2.75) is 18.4 Å². The van der Waals surface area contributed by atoms with Crippen LogP contribution < -0.4 is 5.73 Å². The molecule has 1 aliphatic rings. The zero-order chi connectivity index (χ0) is 16.7. The van der Waals surface area contributed by atoms with E-state index in [0.29, 0.717) is 11.3 Å². The predicted octanol–water partition coefficient (Wildman–Crippen LogP) is 2.05. The standard InChI is InChI=1S/C16H14F2N4O/c1-3-11-5-4-6-13(7-11)22-9-12(8-20-22)15(2)16(17,18)10-23-14(19)21-15/h1,4-9H,10H2,2H3,(H2,19,21)/t15-/m1/s1.